The fourth-order valence-corrected chi connectivity index (χ4v) is 2.32. The average molecular weight is 251 g/mol. The average Bonchev–Trinajstić information content (AvgIpc) is 2.90. The molecule has 0 saturated carbocycles. The molecular formula is C12H21N5O. The van der Waals surface area contributed by atoms with Gasteiger partial charge in [-0.1, -0.05) is 13.8 Å². The minimum Gasteiger partial charge on any atom is -0.396 e. The van der Waals surface area contributed by atoms with E-state index in [-0.39, 0.29) is 6.03 Å². The molecule has 1 aliphatic heterocycles. The number of amides is 2. The summed E-state index contributed by atoms with van der Waals surface area (Å²) >= 11 is 0. The van der Waals surface area contributed by atoms with Gasteiger partial charge in [0, 0.05) is 19.6 Å². The van der Waals surface area contributed by atoms with Crippen LogP contribution in [0.4, 0.5) is 10.5 Å². The highest BCUT2D eigenvalue weighted by Gasteiger charge is 2.20. The van der Waals surface area contributed by atoms with Crippen molar-refractivity contribution in [1.29, 1.82) is 0 Å². The first-order chi connectivity index (χ1) is 8.67. The second kappa shape index (κ2) is 5.29. The number of nitrogens with one attached hydrogen (secondary N) is 1. The van der Waals surface area contributed by atoms with Crippen molar-refractivity contribution in [2.45, 2.75) is 33.2 Å². The summed E-state index contributed by atoms with van der Waals surface area (Å²) in [7, 11) is 0. The zero-order valence-electron chi connectivity index (χ0n) is 11.1. The van der Waals surface area contributed by atoms with E-state index in [1.807, 2.05) is 9.58 Å². The van der Waals surface area contributed by atoms with Crippen LogP contribution in [0.15, 0.2) is 0 Å². The topological polar surface area (TPSA) is 76.2 Å². The van der Waals surface area contributed by atoms with E-state index >= 15 is 0 Å². The van der Waals surface area contributed by atoms with Gasteiger partial charge in [0.1, 0.15) is 0 Å². The summed E-state index contributed by atoms with van der Waals surface area (Å²) in [6.07, 6.45) is 1.71. The molecule has 1 aromatic heterocycles. The van der Waals surface area contributed by atoms with E-state index in [2.05, 4.69) is 24.3 Å². The Morgan fingerprint density at radius 1 is 1.33 bits per heavy atom. The molecule has 1 fully saturated rings. The largest absolute Gasteiger partial charge is 0.396 e. The Morgan fingerprint density at radius 3 is 2.67 bits per heavy atom. The van der Waals surface area contributed by atoms with E-state index in [1.165, 1.54) is 0 Å². The highest BCUT2D eigenvalue weighted by molar-refractivity contribution is 5.76. The van der Waals surface area contributed by atoms with Crippen LogP contribution in [-0.2, 0) is 19.4 Å². The quantitative estimate of drug-likeness (QED) is 0.805. The molecule has 18 heavy (non-hydrogen) atoms. The Bertz CT molecular complexity index is 440. The molecule has 100 valence electrons. The van der Waals surface area contributed by atoms with Crippen LogP contribution in [-0.4, -0.2) is 40.3 Å². The molecule has 0 aromatic carbocycles. The summed E-state index contributed by atoms with van der Waals surface area (Å²) in [6, 6.07) is 0.0175. The standard InChI is InChI=1S/C12H21N5O/c1-3-9-11(13)10(4-2)17(15-9)8-7-16-6-5-14-12(16)18/h3-8,13H2,1-2H3,(H,14,18). The van der Waals surface area contributed by atoms with Gasteiger partial charge in [0.15, 0.2) is 0 Å². The zero-order chi connectivity index (χ0) is 13.1. The molecule has 2 amide bonds. The third kappa shape index (κ3) is 2.27. The second-order valence-corrected chi connectivity index (χ2v) is 4.46. The highest BCUT2D eigenvalue weighted by Crippen LogP contribution is 2.18. The Balaban J connectivity index is 2.06. The van der Waals surface area contributed by atoms with Gasteiger partial charge >= 0.3 is 6.03 Å². The lowest BCUT2D eigenvalue weighted by Gasteiger charge is -2.14. The summed E-state index contributed by atoms with van der Waals surface area (Å²) < 4.78 is 1.94. The Kier molecular flexibility index (Phi) is 3.74. The summed E-state index contributed by atoms with van der Waals surface area (Å²) in [4.78, 5) is 13.2. The molecule has 1 saturated heterocycles. The molecule has 0 aliphatic carbocycles. The van der Waals surface area contributed by atoms with Gasteiger partial charge in [-0.15, -0.1) is 0 Å². The number of carbonyl (C=O) groups excluding carboxylic acids is 1. The van der Waals surface area contributed by atoms with E-state index in [9.17, 15) is 4.79 Å². The van der Waals surface area contributed by atoms with Crippen LogP contribution >= 0.6 is 0 Å². The van der Waals surface area contributed by atoms with Crippen LogP contribution in [0.2, 0.25) is 0 Å². The van der Waals surface area contributed by atoms with Gasteiger partial charge in [0.25, 0.3) is 0 Å². The minimum atomic E-state index is 0.0175. The fraction of sp³-hybridized carbons (Fsp3) is 0.667. The van der Waals surface area contributed by atoms with Crippen LogP contribution in [0.3, 0.4) is 0 Å². The monoisotopic (exact) mass is 251 g/mol. The molecule has 1 aliphatic rings. The molecule has 0 atom stereocenters. The summed E-state index contributed by atoms with van der Waals surface area (Å²) in [5.41, 5.74) is 8.90. The number of urea groups is 1. The van der Waals surface area contributed by atoms with Crippen molar-refractivity contribution < 1.29 is 4.79 Å². The van der Waals surface area contributed by atoms with Crippen LogP contribution in [0.1, 0.15) is 25.2 Å². The summed E-state index contributed by atoms with van der Waals surface area (Å²) in [5, 5.41) is 7.31. The molecule has 6 nitrogen and oxygen atoms in total. The highest BCUT2D eigenvalue weighted by atomic mass is 16.2. The third-order valence-corrected chi connectivity index (χ3v) is 3.37. The lowest BCUT2D eigenvalue weighted by atomic mass is 10.2. The smallest absolute Gasteiger partial charge is 0.317 e. The van der Waals surface area contributed by atoms with Crippen LogP contribution < -0.4 is 11.1 Å². The van der Waals surface area contributed by atoms with Gasteiger partial charge in [-0.25, -0.2) is 4.79 Å². The van der Waals surface area contributed by atoms with Gasteiger partial charge in [-0.2, -0.15) is 5.10 Å². The van der Waals surface area contributed by atoms with Crippen LogP contribution in [0.25, 0.3) is 0 Å². The van der Waals surface area contributed by atoms with Crippen molar-refractivity contribution in [3.8, 4) is 0 Å². The maximum atomic E-state index is 11.4. The first-order valence-electron chi connectivity index (χ1n) is 6.54. The molecular weight excluding hydrogens is 230 g/mol. The predicted molar refractivity (Wildman–Crippen MR) is 70.4 cm³/mol. The Hall–Kier alpha value is -1.72. The van der Waals surface area contributed by atoms with Gasteiger partial charge in [-0.05, 0) is 12.8 Å². The number of anilines is 1. The number of aryl methyl sites for hydroxylation is 1. The molecule has 2 rings (SSSR count). The maximum Gasteiger partial charge on any atom is 0.317 e. The van der Waals surface area contributed by atoms with Crippen LogP contribution in [0.5, 0.6) is 0 Å². The van der Waals surface area contributed by atoms with E-state index in [0.717, 1.165) is 43.0 Å². The SMILES string of the molecule is CCc1nn(CCN2CCNC2=O)c(CC)c1N. The van der Waals surface area contributed by atoms with E-state index in [1.54, 1.807) is 0 Å². The number of hydrogen-bond donors (Lipinski definition) is 2. The maximum absolute atomic E-state index is 11.4. The van der Waals surface area contributed by atoms with Gasteiger partial charge in [0.2, 0.25) is 0 Å². The van der Waals surface area contributed by atoms with Crippen molar-refractivity contribution >= 4 is 11.7 Å². The van der Waals surface area contributed by atoms with Crippen molar-refractivity contribution in [2.24, 2.45) is 0 Å². The van der Waals surface area contributed by atoms with Gasteiger partial charge < -0.3 is 16.0 Å². The van der Waals surface area contributed by atoms with Crippen molar-refractivity contribution in [1.82, 2.24) is 20.0 Å². The summed E-state index contributed by atoms with van der Waals surface area (Å²) in [5.74, 6) is 0. The normalized spacial score (nSPS) is 15.2. The molecule has 3 N–H and O–H groups in total. The minimum absolute atomic E-state index is 0.0175. The number of nitrogens with two attached hydrogens (primary N) is 1. The Labute approximate surface area is 107 Å². The molecule has 1 aromatic rings. The van der Waals surface area contributed by atoms with Gasteiger partial charge in [-0.3, -0.25) is 4.68 Å². The number of nitrogen functional groups attached to an aromatic ring is 1. The van der Waals surface area contributed by atoms with E-state index < -0.39 is 0 Å². The molecule has 0 radical (unpaired) electrons. The van der Waals surface area contributed by atoms with Crippen molar-refractivity contribution in [3.05, 3.63) is 11.4 Å². The van der Waals surface area contributed by atoms with Crippen LogP contribution in [0, 0.1) is 0 Å². The number of carbonyl (C=O) groups is 1. The number of nitrogens with zero attached hydrogens (tertiary/aromatic N) is 3. The lowest BCUT2D eigenvalue weighted by molar-refractivity contribution is 0.215. The molecule has 0 bridgehead atoms. The number of aromatic nitrogens is 2. The predicted octanol–water partition coefficient (Wildman–Crippen LogP) is 0.615. The second-order valence-electron chi connectivity index (χ2n) is 4.46. The molecule has 2 heterocycles. The summed E-state index contributed by atoms with van der Waals surface area (Å²) in [6.45, 7) is 7.03. The molecule has 0 unspecified atom stereocenters. The Morgan fingerprint density at radius 2 is 2.11 bits per heavy atom. The zero-order valence-corrected chi connectivity index (χ0v) is 11.1. The lowest BCUT2D eigenvalue weighted by Crippen LogP contribution is -2.31. The van der Waals surface area contributed by atoms with Gasteiger partial charge in [0.05, 0.1) is 23.6 Å². The number of rotatable bonds is 5. The molecule has 6 heteroatoms. The number of hydrogen-bond acceptors (Lipinski definition) is 3. The first-order valence-corrected chi connectivity index (χ1v) is 6.54. The van der Waals surface area contributed by atoms with Crippen molar-refractivity contribution in [2.75, 3.05) is 25.4 Å². The van der Waals surface area contributed by atoms with Crippen molar-refractivity contribution in [3.63, 3.8) is 0 Å². The van der Waals surface area contributed by atoms with E-state index in [4.69, 9.17) is 5.73 Å². The third-order valence-electron chi connectivity index (χ3n) is 3.37. The van der Waals surface area contributed by atoms with E-state index in [0.29, 0.717) is 13.1 Å². The molecule has 0 spiro atoms. The fourth-order valence-electron chi connectivity index (χ4n) is 2.32. The first kappa shape index (κ1) is 12.7.